The molecule has 5 rings (SSSR count). The molecule has 0 radical (unpaired) electrons. The maximum absolute atomic E-state index is 14.9. The van der Waals surface area contributed by atoms with Crippen LogP contribution in [0.15, 0.2) is 24.5 Å². The Morgan fingerprint density at radius 3 is 2.77 bits per heavy atom. The van der Waals surface area contributed by atoms with Crippen LogP contribution in [0.5, 0.6) is 0 Å². The summed E-state index contributed by atoms with van der Waals surface area (Å²) in [4.78, 5) is 11.1. The van der Waals surface area contributed by atoms with Gasteiger partial charge in [-0.3, -0.25) is 0 Å². The van der Waals surface area contributed by atoms with Crippen LogP contribution in [0, 0.1) is 5.82 Å². The molecule has 2 saturated heterocycles. The Labute approximate surface area is 153 Å². The van der Waals surface area contributed by atoms with E-state index in [0.29, 0.717) is 12.1 Å². The molecule has 4 heterocycles. The van der Waals surface area contributed by atoms with E-state index in [-0.39, 0.29) is 5.82 Å². The summed E-state index contributed by atoms with van der Waals surface area (Å²) in [5.74, 6) is 0.653. The van der Waals surface area contributed by atoms with Gasteiger partial charge >= 0.3 is 0 Å². The van der Waals surface area contributed by atoms with Crippen LogP contribution in [0.1, 0.15) is 43.4 Å². The first-order valence-electron chi connectivity index (χ1n) is 9.68. The topological polar surface area (TPSA) is 53.1 Å². The summed E-state index contributed by atoms with van der Waals surface area (Å²) in [6.07, 6.45) is 8.52. The van der Waals surface area contributed by atoms with Crippen LogP contribution in [-0.2, 0) is 13.0 Å². The molecule has 0 saturated carbocycles. The Hall–Kier alpha value is -2.21. The first-order valence-corrected chi connectivity index (χ1v) is 9.68. The van der Waals surface area contributed by atoms with Gasteiger partial charge in [0.05, 0.1) is 11.4 Å². The Morgan fingerprint density at radius 1 is 1.12 bits per heavy atom. The zero-order valence-electron chi connectivity index (χ0n) is 14.8. The third kappa shape index (κ3) is 2.72. The first kappa shape index (κ1) is 16.0. The lowest BCUT2D eigenvalue weighted by Gasteiger charge is -2.37. The van der Waals surface area contributed by atoms with Crippen LogP contribution >= 0.6 is 0 Å². The predicted molar refractivity (Wildman–Crippen MR) is 100 cm³/mol. The summed E-state index contributed by atoms with van der Waals surface area (Å²) in [7, 11) is 0. The van der Waals surface area contributed by atoms with Crippen LogP contribution in [0.4, 0.5) is 21.6 Å². The number of benzene rings is 1. The number of nitrogens with zero attached hydrogens (tertiary/aromatic N) is 3. The van der Waals surface area contributed by atoms with Crippen molar-refractivity contribution in [2.45, 2.75) is 57.2 Å². The van der Waals surface area contributed by atoms with Crippen LogP contribution in [-0.4, -0.2) is 28.6 Å². The van der Waals surface area contributed by atoms with Crippen molar-refractivity contribution in [3.8, 4) is 0 Å². The molecule has 0 aliphatic carbocycles. The van der Waals surface area contributed by atoms with Gasteiger partial charge in [0.15, 0.2) is 0 Å². The molecule has 0 amide bonds. The minimum atomic E-state index is -0.140. The minimum absolute atomic E-state index is 0.140. The summed E-state index contributed by atoms with van der Waals surface area (Å²) in [6.45, 7) is 1.68. The summed E-state index contributed by atoms with van der Waals surface area (Å²) >= 11 is 0. The van der Waals surface area contributed by atoms with Crippen molar-refractivity contribution in [3.05, 3.63) is 41.6 Å². The molecule has 5 nitrogen and oxygen atoms in total. The molecular weight excluding hydrogens is 329 g/mol. The SMILES string of the molecule is Fc1cc(Nc2ncnc3c2CCNC3)ccc1N1C2CCCC1CC2. The quantitative estimate of drug-likeness (QED) is 0.884. The maximum Gasteiger partial charge on any atom is 0.148 e. The van der Waals surface area contributed by atoms with Crippen molar-refractivity contribution < 1.29 is 4.39 Å². The maximum atomic E-state index is 14.9. The molecule has 136 valence electrons. The number of hydrogen-bond donors (Lipinski definition) is 2. The predicted octanol–water partition coefficient (Wildman–Crippen LogP) is 3.53. The van der Waals surface area contributed by atoms with Gasteiger partial charge < -0.3 is 15.5 Å². The zero-order valence-corrected chi connectivity index (χ0v) is 14.8. The molecule has 2 fully saturated rings. The largest absolute Gasteiger partial charge is 0.363 e. The highest BCUT2D eigenvalue weighted by molar-refractivity contribution is 5.64. The number of aromatic nitrogens is 2. The fourth-order valence-corrected chi connectivity index (χ4v) is 4.83. The lowest BCUT2D eigenvalue weighted by Crippen LogP contribution is -2.40. The smallest absolute Gasteiger partial charge is 0.148 e. The number of nitrogens with one attached hydrogen (secondary N) is 2. The van der Waals surface area contributed by atoms with E-state index in [1.165, 1.54) is 32.1 Å². The molecule has 6 heteroatoms. The van der Waals surface area contributed by atoms with Gasteiger partial charge in [0.1, 0.15) is 18.0 Å². The second-order valence-corrected chi connectivity index (χ2v) is 7.59. The first-order chi connectivity index (χ1) is 12.8. The molecule has 2 bridgehead atoms. The average Bonchev–Trinajstić information content (AvgIpc) is 2.90. The van der Waals surface area contributed by atoms with Crippen molar-refractivity contribution >= 4 is 17.2 Å². The average molecular weight is 353 g/mol. The van der Waals surface area contributed by atoms with E-state index in [4.69, 9.17) is 0 Å². The van der Waals surface area contributed by atoms with Crippen LogP contribution in [0.25, 0.3) is 0 Å². The summed E-state index contributed by atoms with van der Waals surface area (Å²) in [5, 5.41) is 6.62. The molecular formula is C20H24FN5. The summed E-state index contributed by atoms with van der Waals surface area (Å²) in [6, 6.07) is 6.55. The molecule has 0 spiro atoms. The molecule has 1 aromatic heterocycles. The van der Waals surface area contributed by atoms with E-state index in [9.17, 15) is 4.39 Å². The fraction of sp³-hybridized carbons (Fsp3) is 0.500. The highest BCUT2D eigenvalue weighted by Crippen LogP contribution is 2.40. The Morgan fingerprint density at radius 2 is 1.96 bits per heavy atom. The molecule has 2 N–H and O–H groups in total. The van der Waals surface area contributed by atoms with Gasteiger partial charge in [-0.05, 0) is 63.3 Å². The highest BCUT2D eigenvalue weighted by atomic mass is 19.1. The van der Waals surface area contributed by atoms with E-state index in [2.05, 4.69) is 25.5 Å². The zero-order chi connectivity index (χ0) is 17.5. The van der Waals surface area contributed by atoms with E-state index in [0.717, 1.165) is 48.0 Å². The minimum Gasteiger partial charge on any atom is -0.363 e. The second-order valence-electron chi connectivity index (χ2n) is 7.59. The molecule has 2 atom stereocenters. The molecule has 1 aromatic carbocycles. The lowest BCUT2D eigenvalue weighted by molar-refractivity contribution is 0.460. The van der Waals surface area contributed by atoms with E-state index in [1.54, 1.807) is 12.4 Å². The van der Waals surface area contributed by atoms with Gasteiger partial charge in [-0.15, -0.1) is 0 Å². The number of anilines is 3. The number of fused-ring (bicyclic) bond motifs is 3. The van der Waals surface area contributed by atoms with Gasteiger partial charge in [0.25, 0.3) is 0 Å². The van der Waals surface area contributed by atoms with Crippen molar-refractivity contribution in [1.29, 1.82) is 0 Å². The van der Waals surface area contributed by atoms with Gasteiger partial charge in [-0.25, -0.2) is 14.4 Å². The number of hydrogen-bond acceptors (Lipinski definition) is 5. The van der Waals surface area contributed by atoms with Crippen LogP contribution in [0.2, 0.25) is 0 Å². The van der Waals surface area contributed by atoms with E-state index >= 15 is 0 Å². The van der Waals surface area contributed by atoms with Crippen molar-refractivity contribution in [3.63, 3.8) is 0 Å². The van der Waals surface area contributed by atoms with Crippen molar-refractivity contribution in [1.82, 2.24) is 15.3 Å². The van der Waals surface area contributed by atoms with Gasteiger partial charge in [-0.2, -0.15) is 0 Å². The molecule has 2 aromatic rings. The molecule has 2 unspecified atom stereocenters. The summed E-state index contributed by atoms with van der Waals surface area (Å²) < 4.78 is 14.9. The molecule has 3 aliphatic rings. The van der Waals surface area contributed by atoms with Crippen molar-refractivity contribution in [2.75, 3.05) is 16.8 Å². The normalized spacial score (nSPS) is 24.4. The number of piperidine rings is 1. The standard InChI is InChI=1S/C20H24FN5/c21-17-10-13(25-20-16-8-9-22-11-18(16)23-12-24-20)4-7-19(17)26-14-2-1-3-15(26)6-5-14/h4,7,10,12,14-15,22H,1-3,5-6,8-9,11H2,(H,23,24,25). The number of halogens is 1. The fourth-order valence-electron chi connectivity index (χ4n) is 4.83. The monoisotopic (exact) mass is 353 g/mol. The third-order valence-electron chi connectivity index (χ3n) is 6.06. The Balaban J connectivity index is 1.41. The van der Waals surface area contributed by atoms with Crippen LogP contribution in [0.3, 0.4) is 0 Å². The Bertz CT molecular complexity index is 808. The lowest BCUT2D eigenvalue weighted by atomic mass is 10.0. The highest BCUT2D eigenvalue weighted by Gasteiger charge is 2.37. The van der Waals surface area contributed by atoms with Gasteiger partial charge in [0.2, 0.25) is 0 Å². The van der Waals surface area contributed by atoms with Gasteiger partial charge in [-0.1, -0.05) is 0 Å². The van der Waals surface area contributed by atoms with E-state index < -0.39 is 0 Å². The van der Waals surface area contributed by atoms with Crippen LogP contribution < -0.4 is 15.5 Å². The third-order valence-corrected chi connectivity index (χ3v) is 6.06. The Kier molecular flexibility index (Phi) is 4.00. The van der Waals surface area contributed by atoms with E-state index in [1.807, 2.05) is 12.1 Å². The summed E-state index contributed by atoms with van der Waals surface area (Å²) in [5.41, 5.74) is 3.66. The molecule has 3 aliphatic heterocycles. The second kappa shape index (κ2) is 6.50. The van der Waals surface area contributed by atoms with Gasteiger partial charge in [0, 0.05) is 29.9 Å². The molecule has 26 heavy (non-hydrogen) atoms. The number of rotatable bonds is 3. The van der Waals surface area contributed by atoms with Crippen molar-refractivity contribution in [2.24, 2.45) is 0 Å².